The maximum absolute atomic E-state index is 12.7. The van der Waals surface area contributed by atoms with Gasteiger partial charge in [-0.25, -0.2) is 4.68 Å². The third kappa shape index (κ3) is 4.46. The molecule has 0 aliphatic carbocycles. The highest BCUT2D eigenvalue weighted by atomic mass is 35.5. The van der Waals surface area contributed by atoms with Crippen LogP contribution in [-0.4, -0.2) is 40.0 Å². The summed E-state index contributed by atoms with van der Waals surface area (Å²) >= 11 is 6.03. The van der Waals surface area contributed by atoms with E-state index in [-0.39, 0.29) is 24.2 Å². The van der Waals surface area contributed by atoms with Gasteiger partial charge in [-0.05, 0) is 30.7 Å². The van der Waals surface area contributed by atoms with Gasteiger partial charge in [0.05, 0.1) is 12.8 Å². The molecule has 0 aliphatic heterocycles. The number of rotatable bonds is 7. The smallest absolute Gasteiger partial charge is 0.265 e. The first-order valence-electron chi connectivity index (χ1n) is 9.98. The molecule has 2 aromatic heterocycles. The standard InChI is InChI=1S/C22H22ClN7O3/c1-12-6-4-5-7-14(12)20-27-22(33-29-20)18-19(24)30(28-21(18)25-2)11-17(31)26-15-10-13(23)8-9-16(15)32-3/h4-10H,11,24H2,1-3H3,(H,25,28)(H,26,31). The van der Waals surface area contributed by atoms with Crippen LogP contribution in [0, 0.1) is 6.92 Å². The van der Waals surface area contributed by atoms with Gasteiger partial charge in [-0.3, -0.25) is 4.79 Å². The minimum Gasteiger partial charge on any atom is -0.495 e. The highest BCUT2D eigenvalue weighted by Gasteiger charge is 2.24. The van der Waals surface area contributed by atoms with E-state index in [0.717, 1.165) is 11.1 Å². The molecule has 4 aromatic rings. The monoisotopic (exact) mass is 467 g/mol. The summed E-state index contributed by atoms with van der Waals surface area (Å²) in [4.78, 5) is 17.2. The fraction of sp³-hybridized carbons (Fsp3) is 0.182. The van der Waals surface area contributed by atoms with Crippen molar-refractivity contribution in [3.05, 3.63) is 53.1 Å². The molecule has 0 atom stereocenters. The van der Waals surface area contributed by atoms with Gasteiger partial charge in [0.1, 0.15) is 23.7 Å². The molecule has 0 bridgehead atoms. The van der Waals surface area contributed by atoms with E-state index in [0.29, 0.717) is 33.7 Å². The lowest BCUT2D eigenvalue weighted by Gasteiger charge is -2.11. The molecule has 11 heteroatoms. The Morgan fingerprint density at radius 3 is 2.79 bits per heavy atom. The molecule has 1 amide bonds. The largest absolute Gasteiger partial charge is 0.495 e. The summed E-state index contributed by atoms with van der Waals surface area (Å²) in [6, 6.07) is 12.6. The Labute approximate surface area is 194 Å². The highest BCUT2D eigenvalue weighted by molar-refractivity contribution is 6.31. The first-order valence-corrected chi connectivity index (χ1v) is 10.4. The third-order valence-corrected chi connectivity index (χ3v) is 5.22. The maximum atomic E-state index is 12.7. The van der Waals surface area contributed by atoms with Crippen LogP contribution in [-0.2, 0) is 11.3 Å². The zero-order valence-corrected chi connectivity index (χ0v) is 19.0. The normalized spacial score (nSPS) is 10.8. The van der Waals surface area contributed by atoms with Gasteiger partial charge in [0.25, 0.3) is 5.89 Å². The molecule has 4 rings (SSSR count). The van der Waals surface area contributed by atoms with Crippen LogP contribution in [0.15, 0.2) is 47.0 Å². The minimum atomic E-state index is -0.370. The van der Waals surface area contributed by atoms with Crippen molar-refractivity contribution in [3.63, 3.8) is 0 Å². The number of carbonyl (C=O) groups is 1. The lowest BCUT2D eigenvalue weighted by atomic mass is 10.1. The molecule has 0 fully saturated rings. The van der Waals surface area contributed by atoms with E-state index in [1.165, 1.54) is 11.8 Å². The Bertz CT molecular complexity index is 1320. The van der Waals surface area contributed by atoms with Crippen molar-refractivity contribution in [3.8, 4) is 28.6 Å². The summed E-state index contributed by atoms with van der Waals surface area (Å²) in [5.74, 6) is 1.34. The van der Waals surface area contributed by atoms with Crippen LogP contribution in [0.5, 0.6) is 5.75 Å². The first kappa shape index (κ1) is 22.2. The number of nitrogen functional groups attached to an aromatic ring is 1. The number of halogens is 1. The number of hydrogen-bond acceptors (Lipinski definition) is 8. The molecule has 0 aliphatic rings. The van der Waals surface area contributed by atoms with Crippen LogP contribution < -0.4 is 21.1 Å². The van der Waals surface area contributed by atoms with Crippen molar-refractivity contribution in [2.24, 2.45) is 0 Å². The molecular weight excluding hydrogens is 446 g/mol. The molecule has 0 spiro atoms. The van der Waals surface area contributed by atoms with E-state index in [9.17, 15) is 4.79 Å². The lowest BCUT2D eigenvalue weighted by molar-refractivity contribution is -0.116. The Morgan fingerprint density at radius 1 is 1.27 bits per heavy atom. The second-order valence-electron chi connectivity index (χ2n) is 7.15. The molecule has 10 nitrogen and oxygen atoms in total. The number of anilines is 3. The summed E-state index contributed by atoms with van der Waals surface area (Å²) in [7, 11) is 3.19. The predicted molar refractivity (Wildman–Crippen MR) is 126 cm³/mol. The van der Waals surface area contributed by atoms with Crippen molar-refractivity contribution in [2.75, 3.05) is 30.5 Å². The zero-order valence-electron chi connectivity index (χ0n) is 18.2. The zero-order chi connectivity index (χ0) is 23.5. The molecule has 2 aromatic carbocycles. The van der Waals surface area contributed by atoms with Gasteiger partial charge in [0.15, 0.2) is 5.82 Å². The van der Waals surface area contributed by atoms with Crippen molar-refractivity contribution in [1.29, 1.82) is 0 Å². The summed E-state index contributed by atoms with van der Waals surface area (Å²) in [5.41, 5.74) is 9.03. The number of ether oxygens (including phenoxy) is 1. The fourth-order valence-corrected chi connectivity index (χ4v) is 3.52. The second kappa shape index (κ2) is 9.21. The lowest BCUT2D eigenvalue weighted by Crippen LogP contribution is -2.21. The second-order valence-corrected chi connectivity index (χ2v) is 7.58. The average Bonchev–Trinajstić information content (AvgIpc) is 3.39. The van der Waals surface area contributed by atoms with Gasteiger partial charge in [-0.1, -0.05) is 41.0 Å². The van der Waals surface area contributed by atoms with Gasteiger partial charge in [-0.2, -0.15) is 10.1 Å². The van der Waals surface area contributed by atoms with Crippen LogP contribution >= 0.6 is 11.6 Å². The van der Waals surface area contributed by atoms with Crippen molar-refractivity contribution in [1.82, 2.24) is 19.9 Å². The predicted octanol–water partition coefficient (Wildman–Crippen LogP) is 3.83. The summed E-state index contributed by atoms with van der Waals surface area (Å²) in [6.45, 7) is 1.80. The number of nitrogens with zero attached hydrogens (tertiary/aromatic N) is 4. The van der Waals surface area contributed by atoms with E-state index in [1.54, 1.807) is 25.2 Å². The van der Waals surface area contributed by atoms with E-state index in [1.807, 2.05) is 31.2 Å². The summed E-state index contributed by atoms with van der Waals surface area (Å²) in [6.07, 6.45) is 0. The Hall–Kier alpha value is -4.05. The van der Waals surface area contributed by atoms with E-state index >= 15 is 0 Å². The molecule has 0 radical (unpaired) electrons. The van der Waals surface area contributed by atoms with Gasteiger partial charge < -0.3 is 25.6 Å². The van der Waals surface area contributed by atoms with E-state index < -0.39 is 0 Å². The molecule has 33 heavy (non-hydrogen) atoms. The number of aryl methyl sites for hydroxylation is 1. The summed E-state index contributed by atoms with van der Waals surface area (Å²) < 4.78 is 12.1. The first-order chi connectivity index (χ1) is 15.9. The number of carbonyl (C=O) groups excluding carboxylic acids is 1. The highest BCUT2D eigenvalue weighted by Crippen LogP contribution is 2.34. The van der Waals surface area contributed by atoms with Crippen LogP contribution in [0.3, 0.4) is 0 Å². The van der Waals surface area contributed by atoms with E-state index in [4.69, 9.17) is 26.6 Å². The number of benzene rings is 2. The van der Waals surface area contributed by atoms with Gasteiger partial charge >= 0.3 is 0 Å². The number of nitrogens with two attached hydrogens (primary N) is 1. The van der Waals surface area contributed by atoms with Gasteiger partial charge in [0.2, 0.25) is 11.7 Å². The number of amides is 1. The van der Waals surface area contributed by atoms with Gasteiger partial charge in [-0.15, -0.1) is 0 Å². The van der Waals surface area contributed by atoms with Crippen molar-refractivity contribution >= 4 is 34.8 Å². The Kier molecular flexibility index (Phi) is 6.18. The Morgan fingerprint density at radius 2 is 2.06 bits per heavy atom. The molecule has 0 saturated carbocycles. The molecule has 2 heterocycles. The average molecular weight is 468 g/mol. The topological polar surface area (TPSA) is 133 Å². The quantitative estimate of drug-likeness (QED) is 0.373. The molecular formula is C22H22ClN7O3. The van der Waals surface area contributed by atoms with Crippen molar-refractivity contribution < 1.29 is 14.1 Å². The van der Waals surface area contributed by atoms with Crippen LogP contribution in [0.4, 0.5) is 17.3 Å². The SMILES string of the molecule is CNc1nn(CC(=O)Nc2cc(Cl)ccc2OC)c(N)c1-c1nc(-c2ccccc2C)no1. The molecule has 4 N–H and O–H groups in total. The van der Waals surface area contributed by atoms with Crippen LogP contribution in [0.25, 0.3) is 22.8 Å². The molecule has 0 saturated heterocycles. The summed E-state index contributed by atoms with van der Waals surface area (Å²) in [5, 5.41) is 14.6. The molecule has 0 unspecified atom stereocenters. The molecule has 170 valence electrons. The van der Waals surface area contributed by atoms with Crippen LogP contribution in [0.1, 0.15) is 5.56 Å². The van der Waals surface area contributed by atoms with Crippen LogP contribution in [0.2, 0.25) is 5.02 Å². The van der Waals surface area contributed by atoms with Gasteiger partial charge in [0, 0.05) is 17.6 Å². The fourth-order valence-electron chi connectivity index (χ4n) is 3.34. The number of aromatic nitrogens is 4. The maximum Gasteiger partial charge on any atom is 0.265 e. The van der Waals surface area contributed by atoms with E-state index in [2.05, 4.69) is 25.9 Å². The number of nitrogens with one attached hydrogen (secondary N) is 2. The number of methoxy groups -OCH3 is 1. The minimum absolute atomic E-state index is 0.158. The van der Waals surface area contributed by atoms with Crippen molar-refractivity contribution in [2.45, 2.75) is 13.5 Å². The Balaban J connectivity index is 1.61. The number of hydrogen-bond donors (Lipinski definition) is 3. The third-order valence-electron chi connectivity index (χ3n) is 4.98.